The van der Waals surface area contributed by atoms with Crippen LogP contribution in [0.1, 0.15) is 5.89 Å². The molecule has 0 aliphatic rings. The predicted molar refractivity (Wildman–Crippen MR) is 65.0 cm³/mol. The number of halogens is 2. The van der Waals surface area contributed by atoms with Gasteiger partial charge in [0.1, 0.15) is 5.82 Å². The molecule has 2 aromatic rings. The summed E-state index contributed by atoms with van der Waals surface area (Å²) in [5, 5.41) is 6.82. The van der Waals surface area contributed by atoms with Crippen LogP contribution in [0.5, 0.6) is 0 Å². The molecule has 2 rings (SSSR count). The molecule has 0 fully saturated rings. The monoisotopic (exact) mass is 299 g/mol. The van der Waals surface area contributed by atoms with Gasteiger partial charge < -0.3 is 9.84 Å². The average Bonchev–Trinajstić information content (AvgIpc) is 2.78. The summed E-state index contributed by atoms with van der Waals surface area (Å²) in [7, 11) is 1.85. The Kier molecular flexibility index (Phi) is 3.86. The molecule has 0 saturated heterocycles. The van der Waals surface area contributed by atoms with Crippen LogP contribution in [0.3, 0.4) is 0 Å². The van der Waals surface area contributed by atoms with Crippen molar-refractivity contribution in [2.24, 2.45) is 0 Å². The fourth-order valence-electron chi connectivity index (χ4n) is 1.37. The van der Waals surface area contributed by atoms with Crippen molar-refractivity contribution in [1.29, 1.82) is 0 Å². The molecule has 17 heavy (non-hydrogen) atoms. The standard InChI is InChI=1S/C11H11BrFN3O/c1-14-5-4-10-15-11(16-17-10)8-6-7(13)2-3-9(8)12/h2-3,6,14H,4-5H2,1H3. The summed E-state index contributed by atoms with van der Waals surface area (Å²) in [6.45, 7) is 0.756. The minimum Gasteiger partial charge on any atom is -0.339 e. The van der Waals surface area contributed by atoms with Crippen LogP contribution in [-0.4, -0.2) is 23.7 Å². The van der Waals surface area contributed by atoms with Crippen molar-refractivity contribution in [3.8, 4) is 11.4 Å². The zero-order valence-corrected chi connectivity index (χ0v) is 10.8. The summed E-state index contributed by atoms with van der Waals surface area (Å²) in [5.74, 6) is 0.595. The Labute approximate surface area is 106 Å². The van der Waals surface area contributed by atoms with Crippen LogP contribution in [0.2, 0.25) is 0 Å². The molecular formula is C11H11BrFN3O. The molecule has 1 heterocycles. The van der Waals surface area contributed by atoms with Gasteiger partial charge in [0.25, 0.3) is 0 Å². The summed E-state index contributed by atoms with van der Waals surface area (Å²) in [6.07, 6.45) is 0.649. The second kappa shape index (κ2) is 5.37. The quantitative estimate of drug-likeness (QED) is 0.942. The number of hydrogen-bond donors (Lipinski definition) is 1. The van der Waals surface area contributed by atoms with Crippen LogP contribution in [0.4, 0.5) is 4.39 Å². The first kappa shape index (κ1) is 12.2. The number of aromatic nitrogens is 2. The van der Waals surface area contributed by atoms with Gasteiger partial charge in [0.05, 0.1) is 0 Å². The van der Waals surface area contributed by atoms with Gasteiger partial charge in [-0.15, -0.1) is 0 Å². The van der Waals surface area contributed by atoms with Gasteiger partial charge in [0.2, 0.25) is 11.7 Å². The van der Waals surface area contributed by atoms with Gasteiger partial charge in [-0.3, -0.25) is 0 Å². The molecule has 1 aromatic carbocycles. The summed E-state index contributed by atoms with van der Waals surface area (Å²) in [4.78, 5) is 4.21. The van der Waals surface area contributed by atoms with Crippen molar-refractivity contribution >= 4 is 15.9 Å². The van der Waals surface area contributed by atoms with E-state index < -0.39 is 0 Å². The fourth-order valence-corrected chi connectivity index (χ4v) is 1.79. The van der Waals surface area contributed by atoms with Crippen LogP contribution in [0, 0.1) is 5.82 Å². The van der Waals surface area contributed by atoms with E-state index in [1.165, 1.54) is 12.1 Å². The van der Waals surface area contributed by atoms with E-state index in [4.69, 9.17) is 4.52 Å². The van der Waals surface area contributed by atoms with Gasteiger partial charge in [0, 0.05) is 23.0 Å². The van der Waals surface area contributed by atoms with Crippen LogP contribution < -0.4 is 5.32 Å². The molecule has 0 unspecified atom stereocenters. The maximum atomic E-state index is 13.1. The lowest BCUT2D eigenvalue weighted by atomic mass is 10.2. The lowest BCUT2D eigenvalue weighted by Gasteiger charge is -1.98. The first-order chi connectivity index (χ1) is 8.20. The maximum absolute atomic E-state index is 13.1. The van der Waals surface area contributed by atoms with Gasteiger partial charge in [-0.05, 0) is 25.2 Å². The largest absolute Gasteiger partial charge is 0.339 e. The lowest BCUT2D eigenvalue weighted by Crippen LogP contribution is -2.10. The summed E-state index contributed by atoms with van der Waals surface area (Å²) < 4.78 is 18.9. The molecule has 0 aliphatic heterocycles. The molecule has 4 nitrogen and oxygen atoms in total. The highest BCUT2D eigenvalue weighted by molar-refractivity contribution is 9.10. The number of rotatable bonds is 4. The van der Waals surface area contributed by atoms with E-state index in [1.807, 2.05) is 7.05 Å². The molecule has 0 aliphatic carbocycles. The summed E-state index contributed by atoms with van der Waals surface area (Å²) in [5.41, 5.74) is 0.587. The third-order valence-corrected chi connectivity index (χ3v) is 2.92. The Hall–Kier alpha value is -1.27. The zero-order chi connectivity index (χ0) is 12.3. The van der Waals surface area contributed by atoms with E-state index in [0.717, 1.165) is 11.0 Å². The van der Waals surface area contributed by atoms with E-state index in [2.05, 4.69) is 31.4 Å². The second-order valence-electron chi connectivity index (χ2n) is 3.49. The van der Waals surface area contributed by atoms with Gasteiger partial charge in [-0.1, -0.05) is 21.1 Å². The first-order valence-corrected chi connectivity index (χ1v) is 5.92. The van der Waals surface area contributed by atoms with Gasteiger partial charge in [-0.2, -0.15) is 4.98 Å². The first-order valence-electron chi connectivity index (χ1n) is 5.13. The van der Waals surface area contributed by atoms with E-state index >= 15 is 0 Å². The number of likely N-dealkylation sites (N-methyl/N-ethyl adjacent to an activating group) is 1. The molecule has 6 heteroatoms. The smallest absolute Gasteiger partial charge is 0.228 e. The van der Waals surface area contributed by atoms with E-state index in [-0.39, 0.29) is 5.82 Å². The van der Waals surface area contributed by atoms with Crippen molar-refractivity contribution in [3.05, 3.63) is 34.4 Å². The van der Waals surface area contributed by atoms with Crippen LogP contribution >= 0.6 is 15.9 Å². The fraction of sp³-hybridized carbons (Fsp3) is 0.273. The topological polar surface area (TPSA) is 51.0 Å². The SMILES string of the molecule is CNCCc1nc(-c2cc(F)ccc2Br)no1. The average molecular weight is 300 g/mol. The molecule has 0 amide bonds. The number of hydrogen-bond acceptors (Lipinski definition) is 4. The van der Waals surface area contributed by atoms with Crippen molar-refractivity contribution in [2.45, 2.75) is 6.42 Å². The predicted octanol–water partition coefficient (Wildman–Crippen LogP) is 2.40. The Bertz CT molecular complexity index is 515. The minimum absolute atomic E-state index is 0.329. The molecule has 0 atom stereocenters. The molecule has 1 N–H and O–H groups in total. The molecule has 90 valence electrons. The van der Waals surface area contributed by atoms with Gasteiger partial charge in [-0.25, -0.2) is 4.39 Å². The highest BCUT2D eigenvalue weighted by Crippen LogP contribution is 2.26. The molecule has 1 aromatic heterocycles. The third kappa shape index (κ3) is 2.89. The second-order valence-corrected chi connectivity index (χ2v) is 4.34. The molecule has 0 bridgehead atoms. The third-order valence-electron chi connectivity index (χ3n) is 2.23. The van der Waals surface area contributed by atoms with Crippen LogP contribution in [0.25, 0.3) is 11.4 Å². The molecule has 0 radical (unpaired) electrons. The number of nitrogens with zero attached hydrogens (tertiary/aromatic N) is 2. The summed E-state index contributed by atoms with van der Waals surface area (Å²) >= 11 is 3.33. The van der Waals surface area contributed by atoms with Crippen molar-refractivity contribution < 1.29 is 8.91 Å². The Morgan fingerprint density at radius 1 is 1.47 bits per heavy atom. The highest BCUT2D eigenvalue weighted by atomic mass is 79.9. The van der Waals surface area contributed by atoms with Crippen LogP contribution in [0.15, 0.2) is 27.2 Å². The van der Waals surface area contributed by atoms with Crippen molar-refractivity contribution in [1.82, 2.24) is 15.5 Å². The number of benzene rings is 1. The Morgan fingerprint density at radius 2 is 2.29 bits per heavy atom. The minimum atomic E-state index is -0.329. The maximum Gasteiger partial charge on any atom is 0.228 e. The van der Waals surface area contributed by atoms with Crippen LogP contribution in [-0.2, 0) is 6.42 Å². The number of nitrogens with one attached hydrogen (secondary N) is 1. The van der Waals surface area contributed by atoms with Gasteiger partial charge >= 0.3 is 0 Å². The Balaban J connectivity index is 2.27. The Morgan fingerprint density at radius 3 is 3.06 bits per heavy atom. The summed E-state index contributed by atoms with van der Waals surface area (Å²) in [6, 6.07) is 4.36. The van der Waals surface area contributed by atoms with E-state index in [1.54, 1.807) is 6.07 Å². The van der Waals surface area contributed by atoms with E-state index in [0.29, 0.717) is 23.7 Å². The molecule has 0 saturated carbocycles. The van der Waals surface area contributed by atoms with Crippen molar-refractivity contribution in [2.75, 3.05) is 13.6 Å². The molecule has 0 spiro atoms. The van der Waals surface area contributed by atoms with Crippen molar-refractivity contribution in [3.63, 3.8) is 0 Å². The normalized spacial score (nSPS) is 10.8. The van der Waals surface area contributed by atoms with Gasteiger partial charge in [0.15, 0.2) is 0 Å². The molecular weight excluding hydrogens is 289 g/mol. The van der Waals surface area contributed by atoms with E-state index in [9.17, 15) is 4.39 Å². The zero-order valence-electron chi connectivity index (χ0n) is 9.20. The lowest BCUT2D eigenvalue weighted by molar-refractivity contribution is 0.377. The highest BCUT2D eigenvalue weighted by Gasteiger charge is 2.12.